The Bertz CT molecular complexity index is 264. The Kier molecular flexibility index (Phi) is 6.68. The van der Waals surface area contributed by atoms with Crippen molar-refractivity contribution in [3.05, 3.63) is 0 Å². The molecule has 0 aliphatic heterocycles. The molecule has 4 atom stereocenters. The summed E-state index contributed by atoms with van der Waals surface area (Å²) in [6, 6.07) is 0.595. The van der Waals surface area contributed by atoms with E-state index in [2.05, 4.69) is 45.9 Å². The molecule has 1 rings (SSSR count). The molecular weight excluding hydrogens is 254 g/mol. The van der Waals surface area contributed by atoms with Gasteiger partial charge in [0.05, 0.1) is 6.10 Å². The quantitative estimate of drug-likeness (QED) is 0.837. The minimum absolute atomic E-state index is 0.0949. The second kappa shape index (κ2) is 7.33. The predicted octanol–water partition coefficient (Wildman–Crippen LogP) is 3.49. The van der Waals surface area contributed by atoms with Crippen LogP contribution in [0.5, 0.6) is 0 Å². The second-order valence-electron chi connectivity index (χ2n) is 7.45. The van der Waals surface area contributed by atoms with Crippen molar-refractivity contribution < 1.29 is 5.11 Å². The number of thioether (sulfide) groups is 1. The van der Waals surface area contributed by atoms with Crippen LogP contribution in [0.25, 0.3) is 0 Å². The molecule has 1 fully saturated rings. The SMILES string of the molecule is CSCC(C)N(C)CC1CC(C(C)(C)C)CCC1O. The maximum absolute atomic E-state index is 10.3. The largest absolute Gasteiger partial charge is 0.393 e. The van der Waals surface area contributed by atoms with Gasteiger partial charge >= 0.3 is 0 Å². The highest BCUT2D eigenvalue weighted by molar-refractivity contribution is 7.98. The van der Waals surface area contributed by atoms with Crippen LogP contribution < -0.4 is 0 Å². The highest BCUT2D eigenvalue weighted by atomic mass is 32.2. The third-order valence-electron chi connectivity index (χ3n) is 4.85. The van der Waals surface area contributed by atoms with Crippen LogP contribution in [0.2, 0.25) is 0 Å². The standard InChI is InChI=1S/C16H33NOS/c1-12(11-19-6)17(5)10-13-9-14(16(2,3)4)7-8-15(13)18/h12-15,18H,7-11H2,1-6H3. The molecule has 3 heteroatoms. The number of aliphatic hydroxyl groups is 1. The molecule has 1 aliphatic carbocycles. The summed E-state index contributed by atoms with van der Waals surface area (Å²) >= 11 is 1.90. The topological polar surface area (TPSA) is 23.5 Å². The monoisotopic (exact) mass is 287 g/mol. The summed E-state index contributed by atoms with van der Waals surface area (Å²) in [6.45, 7) is 10.3. The summed E-state index contributed by atoms with van der Waals surface area (Å²) in [5.41, 5.74) is 0.377. The first-order valence-electron chi connectivity index (χ1n) is 7.63. The van der Waals surface area contributed by atoms with Gasteiger partial charge < -0.3 is 10.0 Å². The lowest BCUT2D eigenvalue weighted by atomic mass is 9.68. The molecule has 4 unspecified atom stereocenters. The molecular formula is C16H33NOS. The summed E-state index contributed by atoms with van der Waals surface area (Å²) in [6.07, 6.45) is 5.42. The van der Waals surface area contributed by atoms with E-state index in [1.165, 1.54) is 18.6 Å². The zero-order valence-electron chi connectivity index (χ0n) is 13.6. The Labute approximate surface area is 124 Å². The van der Waals surface area contributed by atoms with Gasteiger partial charge in [-0.15, -0.1) is 0 Å². The van der Waals surface area contributed by atoms with Crippen LogP contribution in [0.4, 0.5) is 0 Å². The van der Waals surface area contributed by atoms with Gasteiger partial charge in [-0.3, -0.25) is 0 Å². The molecule has 19 heavy (non-hydrogen) atoms. The minimum atomic E-state index is -0.0949. The van der Waals surface area contributed by atoms with E-state index < -0.39 is 0 Å². The maximum Gasteiger partial charge on any atom is 0.0580 e. The molecule has 0 saturated heterocycles. The zero-order valence-corrected chi connectivity index (χ0v) is 14.5. The lowest BCUT2D eigenvalue weighted by Crippen LogP contribution is -2.43. The van der Waals surface area contributed by atoms with Gasteiger partial charge in [0.15, 0.2) is 0 Å². The number of hydrogen-bond acceptors (Lipinski definition) is 3. The Morgan fingerprint density at radius 2 is 1.95 bits per heavy atom. The first-order valence-corrected chi connectivity index (χ1v) is 9.02. The normalized spacial score (nSPS) is 30.6. The van der Waals surface area contributed by atoms with Crippen LogP contribution in [0.1, 0.15) is 47.0 Å². The van der Waals surface area contributed by atoms with Crippen LogP contribution in [0.3, 0.4) is 0 Å². The number of rotatable bonds is 5. The van der Waals surface area contributed by atoms with Crippen molar-refractivity contribution in [2.75, 3.05) is 25.6 Å². The zero-order chi connectivity index (χ0) is 14.6. The van der Waals surface area contributed by atoms with E-state index in [0.29, 0.717) is 17.4 Å². The van der Waals surface area contributed by atoms with Crippen molar-refractivity contribution in [3.8, 4) is 0 Å². The molecule has 114 valence electrons. The lowest BCUT2D eigenvalue weighted by molar-refractivity contribution is 0.00335. The average Bonchev–Trinajstić information content (AvgIpc) is 2.30. The van der Waals surface area contributed by atoms with E-state index in [0.717, 1.165) is 18.9 Å². The highest BCUT2D eigenvalue weighted by Crippen LogP contribution is 2.40. The fourth-order valence-electron chi connectivity index (χ4n) is 3.15. The number of aliphatic hydroxyl groups excluding tert-OH is 1. The fourth-order valence-corrected chi connectivity index (χ4v) is 3.89. The van der Waals surface area contributed by atoms with Crippen LogP contribution in [0, 0.1) is 17.3 Å². The van der Waals surface area contributed by atoms with Gasteiger partial charge in [0, 0.05) is 18.3 Å². The summed E-state index contributed by atoms with van der Waals surface area (Å²) in [5, 5.41) is 10.3. The van der Waals surface area contributed by atoms with Crippen molar-refractivity contribution in [2.45, 2.75) is 59.1 Å². The first-order chi connectivity index (χ1) is 8.75. The number of nitrogens with zero attached hydrogens (tertiary/aromatic N) is 1. The first kappa shape index (κ1) is 17.3. The summed E-state index contributed by atoms with van der Waals surface area (Å²) in [4.78, 5) is 2.43. The third-order valence-corrected chi connectivity index (χ3v) is 5.67. The fraction of sp³-hybridized carbons (Fsp3) is 1.00. The molecule has 2 nitrogen and oxygen atoms in total. The molecule has 0 aromatic rings. The van der Waals surface area contributed by atoms with Crippen molar-refractivity contribution in [2.24, 2.45) is 17.3 Å². The summed E-state index contributed by atoms with van der Waals surface area (Å²) in [5.74, 6) is 2.37. The van der Waals surface area contributed by atoms with E-state index in [9.17, 15) is 5.11 Å². The van der Waals surface area contributed by atoms with Gasteiger partial charge in [-0.25, -0.2) is 0 Å². The van der Waals surface area contributed by atoms with Crippen LogP contribution in [0.15, 0.2) is 0 Å². The smallest absolute Gasteiger partial charge is 0.0580 e. The molecule has 0 bridgehead atoms. The number of hydrogen-bond donors (Lipinski definition) is 1. The summed E-state index contributed by atoms with van der Waals surface area (Å²) in [7, 11) is 2.20. The third kappa shape index (κ3) is 5.28. The van der Waals surface area contributed by atoms with Crippen LogP contribution >= 0.6 is 11.8 Å². The lowest BCUT2D eigenvalue weighted by Gasteiger charge is -2.42. The second-order valence-corrected chi connectivity index (χ2v) is 8.36. The highest BCUT2D eigenvalue weighted by Gasteiger charge is 2.35. The van der Waals surface area contributed by atoms with Crippen molar-refractivity contribution >= 4 is 11.8 Å². The maximum atomic E-state index is 10.3. The van der Waals surface area contributed by atoms with E-state index in [-0.39, 0.29) is 6.10 Å². The van der Waals surface area contributed by atoms with Crippen LogP contribution in [-0.4, -0.2) is 47.8 Å². The Morgan fingerprint density at radius 1 is 1.32 bits per heavy atom. The molecule has 0 amide bonds. The Balaban J connectivity index is 2.55. The van der Waals surface area contributed by atoms with Crippen molar-refractivity contribution in [1.29, 1.82) is 0 Å². The van der Waals surface area contributed by atoms with Gasteiger partial charge in [-0.2, -0.15) is 11.8 Å². The van der Waals surface area contributed by atoms with Gasteiger partial charge in [0.25, 0.3) is 0 Å². The van der Waals surface area contributed by atoms with Gasteiger partial charge in [-0.05, 0) is 56.7 Å². The molecule has 1 aliphatic rings. The van der Waals surface area contributed by atoms with Gasteiger partial charge in [-0.1, -0.05) is 20.8 Å². The Hall–Kier alpha value is 0.270. The van der Waals surface area contributed by atoms with Crippen molar-refractivity contribution in [3.63, 3.8) is 0 Å². The molecule has 0 spiro atoms. The molecule has 0 aromatic heterocycles. The van der Waals surface area contributed by atoms with E-state index >= 15 is 0 Å². The van der Waals surface area contributed by atoms with E-state index in [4.69, 9.17) is 0 Å². The van der Waals surface area contributed by atoms with E-state index in [1.807, 2.05) is 11.8 Å². The van der Waals surface area contributed by atoms with Crippen molar-refractivity contribution in [1.82, 2.24) is 4.90 Å². The predicted molar refractivity (Wildman–Crippen MR) is 86.8 cm³/mol. The molecule has 0 aromatic carbocycles. The molecule has 1 N–H and O–H groups in total. The molecule has 1 saturated carbocycles. The molecule has 0 radical (unpaired) electrons. The summed E-state index contributed by atoms with van der Waals surface area (Å²) < 4.78 is 0. The van der Waals surface area contributed by atoms with Crippen LogP contribution in [-0.2, 0) is 0 Å². The molecule has 0 heterocycles. The Morgan fingerprint density at radius 3 is 2.47 bits per heavy atom. The van der Waals surface area contributed by atoms with E-state index in [1.54, 1.807) is 0 Å². The minimum Gasteiger partial charge on any atom is -0.393 e. The van der Waals surface area contributed by atoms with Gasteiger partial charge in [0.2, 0.25) is 0 Å². The average molecular weight is 288 g/mol. The van der Waals surface area contributed by atoms with Gasteiger partial charge in [0.1, 0.15) is 0 Å².